The molecule has 1 aromatic heterocycles. The number of carbonyl (C=O) groups is 1. The van der Waals surface area contributed by atoms with Gasteiger partial charge in [-0.25, -0.2) is 4.98 Å². The summed E-state index contributed by atoms with van der Waals surface area (Å²) >= 11 is 1.36. The smallest absolute Gasteiger partial charge is 0.230 e. The van der Waals surface area contributed by atoms with E-state index in [-0.39, 0.29) is 11.9 Å². The monoisotopic (exact) mass is 386 g/mol. The zero-order chi connectivity index (χ0) is 18.8. The third-order valence-electron chi connectivity index (χ3n) is 5.98. The van der Waals surface area contributed by atoms with Gasteiger partial charge in [-0.2, -0.15) is 0 Å². The molecule has 4 atom stereocenters. The van der Waals surface area contributed by atoms with Crippen LogP contribution in [0.4, 0.5) is 0 Å². The average Bonchev–Trinajstić information content (AvgIpc) is 3.43. The third-order valence-corrected chi connectivity index (χ3v) is 6.83. The van der Waals surface area contributed by atoms with Crippen LogP contribution in [0.1, 0.15) is 32.6 Å². The van der Waals surface area contributed by atoms with Crippen LogP contribution in [0.5, 0.6) is 5.75 Å². The second-order valence-corrected chi connectivity index (χ2v) is 8.62. The first-order valence-electron chi connectivity index (χ1n) is 9.61. The van der Waals surface area contributed by atoms with E-state index in [1.54, 1.807) is 7.11 Å². The zero-order valence-electron chi connectivity index (χ0n) is 15.8. The van der Waals surface area contributed by atoms with Gasteiger partial charge in [0.2, 0.25) is 11.1 Å². The molecule has 2 aliphatic carbocycles. The average molecular weight is 387 g/mol. The number of hydrogen-bond acceptors (Lipinski definition) is 5. The fourth-order valence-corrected chi connectivity index (χ4v) is 5.24. The highest BCUT2D eigenvalue weighted by Crippen LogP contribution is 2.49. The molecule has 4 unspecified atom stereocenters. The highest BCUT2D eigenvalue weighted by Gasteiger charge is 2.42. The maximum atomic E-state index is 12.3. The van der Waals surface area contributed by atoms with Gasteiger partial charge in [-0.3, -0.25) is 9.89 Å². The number of aromatic nitrogens is 3. The van der Waals surface area contributed by atoms with Crippen molar-refractivity contribution in [3.05, 3.63) is 24.3 Å². The number of aromatic amines is 1. The molecular formula is C20H26N4O2S. The van der Waals surface area contributed by atoms with Crippen molar-refractivity contribution in [1.82, 2.24) is 20.5 Å². The van der Waals surface area contributed by atoms with Gasteiger partial charge in [0.15, 0.2) is 5.82 Å². The maximum Gasteiger partial charge on any atom is 0.230 e. The Morgan fingerprint density at radius 3 is 2.81 bits per heavy atom. The number of benzene rings is 1. The van der Waals surface area contributed by atoms with E-state index in [1.165, 1.54) is 37.4 Å². The normalized spacial score (nSPS) is 24.7. The fraction of sp³-hybridized carbons (Fsp3) is 0.550. The Hall–Kier alpha value is -2.02. The van der Waals surface area contributed by atoms with E-state index < -0.39 is 0 Å². The number of methoxy groups -OCH3 is 1. The van der Waals surface area contributed by atoms with Gasteiger partial charge >= 0.3 is 0 Å². The molecule has 1 heterocycles. The van der Waals surface area contributed by atoms with Crippen LogP contribution in [0.25, 0.3) is 11.4 Å². The molecule has 2 aromatic rings. The summed E-state index contributed by atoms with van der Waals surface area (Å²) in [4.78, 5) is 16.8. The van der Waals surface area contributed by atoms with Gasteiger partial charge in [0.1, 0.15) is 5.75 Å². The molecule has 144 valence electrons. The second-order valence-electron chi connectivity index (χ2n) is 7.68. The first-order chi connectivity index (χ1) is 13.1. The predicted molar refractivity (Wildman–Crippen MR) is 106 cm³/mol. The van der Waals surface area contributed by atoms with Crippen molar-refractivity contribution in [2.24, 2.45) is 17.8 Å². The van der Waals surface area contributed by atoms with E-state index >= 15 is 0 Å². The standard InChI is InChI=1S/C20H26N4O2S/c1-12(17-10-13-3-4-15(17)9-13)21-18(25)11-27-20-22-19(23-24-20)14-5-7-16(26-2)8-6-14/h5-8,12-13,15,17H,3-4,9-11H2,1-2H3,(H,21,25)(H,22,23,24). The van der Waals surface area contributed by atoms with Crippen LogP contribution in [0.2, 0.25) is 0 Å². The van der Waals surface area contributed by atoms with Crippen molar-refractivity contribution in [1.29, 1.82) is 0 Å². The second kappa shape index (κ2) is 7.92. The topological polar surface area (TPSA) is 79.9 Å². The van der Waals surface area contributed by atoms with Crippen molar-refractivity contribution in [3.8, 4) is 17.1 Å². The van der Waals surface area contributed by atoms with Crippen molar-refractivity contribution in [2.75, 3.05) is 12.9 Å². The molecule has 2 N–H and O–H groups in total. The van der Waals surface area contributed by atoms with Crippen LogP contribution >= 0.6 is 11.8 Å². The number of nitrogens with one attached hydrogen (secondary N) is 2. The van der Waals surface area contributed by atoms with E-state index in [0.717, 1.165) is 23.1 Å². The lowest BCUT2D eigenvalue weighted by Crippen LogP contribution is -2.40. The number of amides is 1. The molecule has 2 bridgehead atoms. The summed E-state index contributed by atoms with van der Waals surface area (Å²) in [6.45, 7) is 2.16. The molecule has 1 aromatic carbocycles. The van der Waals surface area contributed by atoms with E-state index in [2.05, 4.69) is 27.4 Å². The van der Waals surface area contributed by atoms with Crippen molar-refractivity contribution < 1.29 is 9.53 Å². The summed E-state index contributed by atoms with van der Waals surface area (Å²) < 4.78 is 5.16. The number of thioether (sulfide) groups is 1. The molecule has 4 rings (SSSR count). The first kappa shape index (κ1) is 18.3. The summed E-state index contributed by atoms with van der Waals surface area (Å²) in [7, 11) is 1.64. The lowest BCUT2D eigenvalue weighted by molar-refractivity contribution is -0.119. The zero-order valence-corrected chi connectivity index (χ0v) is 16.6. The molecule has 0 spiro atoms. The Morgan fingerprint density at radius 1 is 1.33 bits per heavy atom. The first-order valence-corrected chi connectivity index (χ1v) is 10.6. The highest BCUT2D eigenvalue weighted by atomic mass is 32.2. The molecule has 0 aliphatic heterocycles. The van der Waals surface area contributed by atoms with Gasteiger partial charge in [0.25, 0.3) is 0 Å². The molecule has 27 heavy (non-hydrogen) atoms. The summed E-state index contributed by atoms with van der Waals surface area (Å²) in [6.07, 6.45) is 5.38. The van der Waals surface area contributed by atoms with Crippen molar-refractivity contribution in [2.45, 2.75) is 43.8 Å². The minimum absolute atomic E-state index is 0.0612. The number of nitrogens with zero attached hydrogens (tertiary/aromatic N) is 2. The summed E-state index contributed by atoms with van der Waals surface area (Å²) in [5.41, 5.74) is 0.935. The van der Waals surface area contributed by atoms with E-state index in [9.17, 15) is 4.79 Å². The summed E-state index contributed by atoms with van der Waals surface area (Å²) in [5, 5.41) is 10.9. The molecule has 0 radical (unpaired) electrons. The molecule has 1 amide bonds. The number of fused-ring (bicyclic) bond motifs is 2. The molecular weight excluding hydrogens is 360 g/mol. The van der Waals surface area contributed by atoms with Crippen LogP contribution in [0.15, 0.2) is 29.4 Å². The van der Waals surface area contributed by atoms with Crippen LogP contribution < -0.4 is 10.1 Å². The molecule has 2 saturated carbocycles. The van der Waals surface area contributed by atoms with Crippen molar-refractivity contribution in [3.63, 3.8) is 0 Å². The van der Waals surface area contributed by atoms with Crippen molar-refractivity contribution >= 4 is 17.7 Å². The maximum absolute atomic E-state index is 12.3. The molecule has 7 heteroatoms. The minimum Gasteiger partial charge on any atom is -0.497 e. The van der Waals surface area contributed by atoms with Gasteiger partial charge < -0.3 is 10.1 Å². The fourth-order valence-electron chi connectivity index (χ4n) is 4.63. The van der Waals surface area contributed by atoms with Crippen LogP contribution in [0.3, 0.4) is 0 Å². The van der Waals surface area contributed by atoms with Gasteiger partial charge in [-0.15, -0.1) is 5.10 Å². The quantitative estimate of drug-likeness (QED) is 0.712. The van der Waals surface area contributed by atoms with Gasteiger partial charge in [0, 0.05) is 11.6 Å². The molecule has 0 saturated heterocycles. The number of ether oxygens (including phenoxy) is 1. The lowest BCUT2D eigenvalue weighted by atomic mass is 9.84. The highest BCUT2D eigenvalue weighted by molar-refractivity contribution is 7.99. The van der Waals surface area contributed by atoms with E-state index in [1.807, 2.05) is 24.3 Å². The Morgan fingerprint density at radius 2 is 2.15 bits per heavy atom. The Kier molecular flexibility index (Phi) is 5.38. The van der Waals surface area contributed by atoms with Gasteiger partial charge in [0.05, 0.1) is 12.9 Å². The number of hydrogen-bond donors (Lipinski definition) is 2. The van der Waals surface area contributed by atoms with Crippen LogP contribution in [0, 0.1) is 17.8 Å². The van der Waals surface area contributed by atoms with Crippen LogP contribution in [-0.2, 0) is 4.79 Å². The SMILES string of the molecule is COc1ccc(-c2nc(SCC(=O)NC(C)C3CC4CCC3C4)n[nH]2)cc1. The molecule has 6 nitrogen and oxygen atoms in total. The van der Waals surface area contributed by atoms with Crippen LogP contribution in [-0.4, -0.2) is 40.0 Å². The Labute approximate surface area is 163 Å². The summed E-state index contributed by atoms with van der Waals surface area (Å²) in [6, 6.07) is 7.88. The van der Waals surface area contributed by atoms with Gasteiger partial charge in [-0.1, -0.05) is 18.2 Å². The van der Waals surface area contributed by atoms with Gasteiger partial charge in [-0.05, 0) is 68.2 Å². The minimum atomic E-state index is 0.0612. The number of rotatable bonds is 7. The van der Waals surface area contributed by atoms with E-state index in [4.69, 9.17) is 4.74 Å². The Balaban J connectivity index is 1.27. The number of H-pyrrole nitrogens is 1. The lowest BCUT2D eigenvalue weighted by Gasteiger charge is -2.28. The predicted octanol–water partition coefficient (Wildman–Crippen LogP) is 3.51. The third kappa shape index (κ3) is 4.13. The largest absolute Gasteiger partial charge is 0.497 e. The summed E-state index contributed by atoms with van der Waals surface area (Å²) in [5.74, 6) is 4.26. The Bertz CT molecular complexity index is 792. The molecule has 2 aliphatic rings. The number of carbonyl (C=O) groups excluding carboxylic acids is 1. The molecule has 2 fully saturated rings. The van der Waals surface area contributed by atoms with E-state index in [0.29, 0.717) is 22.7 Å².